The Kier molecular flexibility index (Phi) is 3.20. The van der Waals surface area contributed by atoms with Gasteiger partial charge in [-0.3, -0.25) is 4.79 Å². The van der Waals surface area contributed by atoms with E-state index in [4.69, 9.17) is 5.11 Å². The molecule has 3 nitrogen and oxygen atoms in total. The Balaban J connectivity index is 2.28. The van der Waals surface area contributed by atoms with E-state index in [2.05, 4.69) is 5.32 Å². The molecule has 0 radical (unpaired) electrons. The highest BCUT2D eigenvalue weighted by Crippen LogP contribution is 2.23. The van der Waals surface area contributed by atoms with Gasteiger partial charge >= 0.3 is 5.97 Å². The van der Waals surface area contributed by atoms with Crippen LogP contribution in [0.3, 0.4) is 0 Å². The molecule has 0 aromatic heterocycles. The molecule has 1 fully saturated rings. The predicted octanol–water partition coefficient (Wildman–Crippen LogP) is 0.760. The number of carboxylic acid groups (broad SMARTS) is 1. The summed E-state index contributed by atoms with van der Waals surface area (Å²) in [5, 5.41) is 12.1. The molecule has 2 atom stereocenters. The van der Waals surface area contributed by atoms with Crippen molar-refractivity contribution in [3.8, 4) is 0 Å². The van der Waals surface area contributed by atoms with Crippen LogP contribution in [0, 0.1) is 5.92 Å². The van der Waals surface area contributed by atoms with E-state index < -0.39 is 5.97 Å². The maximum Gasteiger partial charge on any atom is 0.303 e. The zero-order valence-electron chi connectivity index (χ0n) is 6.54. The predicted molar refractivity (Wildman–Crippen MR) is 45.7 cm³/mol. The van der Waals surface area contributed by atoms with Crippen LogP contribution in [0.1, 0.15) is 13.3 Å². The number of carboxylic acids is 1. The van der Waals surface area contributed by atoms with Crippen LogP contribution in [0.15, 0.2) is 0 Å². The zero-order valence-corrected chi connectivity index (χ0v) is 7.36. The van der Waals surface area contributed by atoms with Gasteiger partial charge in [-0.25, -0.2) is 0 Å². The molecule has 2 N–H and O–H groups in total. The van der Waals surface area contributed by atoms with Crippen LogP contribution in [-0.4, -0.2) is 28.7 Å². The highest BCUT2D eigenvalue weighted by atomic mass is 32.2. The highest BCUT2D eigenvalue weighted by Gasteiger charge is 2.22. The van der Waals surface area contributed by atoms with Crippen LogP contribution in [0.5, 0.6) is 0 Å². The van der Waals surface area contributed by atoms with Crippen LogP contribution in [-0.2, 0) is 4.79 Å². The average Bonchev–Trinajstić information content (AvgIpc) is 2.35. The lowest BCUT2D eigenvalue weighted by atomic mass is 10.1. The van der Waals surface area contributed by atoms with E-state index in [0.717, 1.165) is 12.3 Å². The summed E-state index contributed by atoms with van der Waals surface area (Å²) in [6, 6.07) is 0. The molecule has 0 spiro atoms. The fourth-order valence-electron chi connectivity index (χ4n) is 1.19. The van der Waals surface area contributed by atoms with Gasteiger partial charge in [0.15, 0.2) is 0 Å². The number of hydrogen-bond donors (Lipinski definition) is 2. The number of aliphatic carboxylic acids is 1. The first kappa shape index (κ1) is 8.87. The van der Waals surface area contributed by atoms with E-state index in [1.807, 2.05) is 18.7 Å². The third kappa shape index (κ3) is 2.71. The van der Waals surface area contributed by atoms with Crippen molar-refractivity contribution in [1.29, 1.82) is 0 Å². The Morgan fingerprint density at radius 3 is 3.09 bits per heavy atom. The third-order valence-electron chi connectivity index (χ3n) is 1.76. The van der Waals surface area contributed by atoms with Crippen LogP contribution >= 0.6 is 11.8 Å². The van der Waals surface area contributed by atoms with Gasteiger partial charge in [-0.15, -0.1) is 11.8 Å². The molecule has 1 heterocycles. The van der Waals surface area contributed by atoms with Crippen molar-refractivity contribution in [3.05, 3.63) is 0 Å². The van der Waals surface area contributed by atoms with Gasteiger partial charge in [-0.2, -0.15) is 0 Å². The molecule has 11 heavy (non-hydrogen) atoms. The van der Waals surface area contributed by atoms with Crippen LogP contribution in [0.2, 0.25) is 0 Å². The van der Waals surface area contributed by atoms with Gasteiger partial charge in [0.25, 0.3) is 0 Å². The molecule has 2 unspecified atom stereocenters. The summed E-state index contributed by atoms with van der Waals surface area (Å²) >= 11 is 1.82. The maximum absolute atomic E-state index is 10.3. The first-order valence-corrected chi connectivity index (χ1v) is 4.82. The van der Waals surface area contributed by atoms with E-state index in [-0.39, 0.29) is 12.3 Å². The maximum atomic E-state index is 10.3. The van der Waals surface area contributed by atoms with Crippen molar-refractivity contribution < 1.29 is 9.90 Å². The van der Waals surface area contributed by atoms with Crippen LogP contribution in [0.4, 0.5) is 0 Å². The molecule has 0 aliphatic carbocycles. The number of nitrogens with one attached hydrogen (secondary N) is 1. The number of hydrogen-bond acceptors (Lipinski definition) is 3. The van der Waals surface area contributed by atoms with Crippen molar-refractivity contribution >= 4 is 17.7 Å². The van der Waals surface area contributed by atoms with Crippen molar-refractivity contribution in [3.63, 3.8) is 0 Å². The Labute approximate surface area is 70.6 Å². The molecule has 0 aromatic carbocycles. The fraction of sp³-hybridized carbons (Fsp3) is 0.857. The standard InChI is InChI=1S/C7H13NO2S/c1-5(4-6(9)10)7-8-2-3-11-7/h5,7-8H,2-4H2,1H3,(H,9,10). The minimum absolute atomic E-state index is 0.236. The molecule has 0 bridgehead atoms. The van der Waals surface area contributed by atoms with Crippen molar-refractivity contribution in [2.24, 2.45) is 5.92 Å². The van der Waals surface area contributed by atoms with Gasteiger partial charge in [0.1, 0.15) is 0 Å². The van der Waals surface area contributed by atoms with Gasteiger partial charge in [0, 0.05) is 12.3 Å². The summed E-state index contributed by atoms with van der Waals surface area (Å²) in [5.74, 6) is 0.640. The minimum Gasteiger partial charge on any atom is -0.481 e. The summed E-state index contributed by atoms with van der Waals surface area (Å²) in [5.41, 5.74) is 0. The monoisotopic (exact) mass is 175 g/mol. The lowest BCUT2D eigenvalue weighted by Crippen LogP contribution is -2.28. The average molecular weight is 175 g/mol. The quantitative estimate of drug-likeness (QED) is 0.665. The van der Waals surface area contributed by atoms with Crippen LogP contribution in [0.25, 0.3) is 0 Å². The molecule has 1 saturated heterocycles. The second kappa shape index (κ2) is 3.97. The molecular weight excluding hydrogens is 162 g/mol. The lowest BCUT2D eigenvalue weighted by Gasteiger charge is -2.15. The van der Waals surface area contributed by atoms with E-state index in [9.17, 15) is 4.79 Å². The van der Waals surface area contributed by atoms with Gasteiger partial charge in [0.05, 0.1) is 11.8 Å². The van der Waals surface area contributed by atoms with E-state index in [1.165, 1.54) is 0 Å². The number of carbonyl (C=O) groups is 1. The van der Waals surface area contributed by atoms with E-state index >= 15 is 0 Å². The topological polar surface area (TPSA) is 49.3 Å². The summed E-state index contributed by atoms with van der Waals surface area (Å²) in [4.78, 5) is 10.3. The Morgan fingerprint density at radius 2 is 2.64 bits per heavy atom. The first-order valence-electron chi connectivity index (χ1n) is 3.77. The second-order valence-electron chi connectivity index (χ2n) is 2.82. The first-order chi connectivity index (χ1) is 5.20. The van der Waals surface area contributed by atoms with Gasteiger partial charge in [0.2, 0.25) is 0 Å². The molecule has 4 heteroatoms. The van der Waals surface area contributed by atoms with Gasteiger partial charge < -0.3 is 10.4 Å². The summed E-state index contributed by atoms with van der Waals surface area (Å²) in [6.45, 7) is 2.99. The largest absolute Gasteiger partial charge is 0.481 e. The number of rotatable bonds is 3. The summed E-state index contributed by atoms with van der Waals surface area (Å²) in [6.07, 6.45) is 0.269. The van der Waals surface area contributed by atoms with Gasteiger partial charge in [-0.1, -0.05) is 6.92 Å². The van der Waals surface area contributed by atoms with Crippen molar-refractivity contribution in [1.82, 2.24) is 5.32 Å². The summed E-state index contributed by atoms with van der Waals surface area (Å²) < 4.78 is 0. The minimum atomic E-state index is -0.702. The smallest absolute Gasteiger partial charge is 0.303 e. The molecule has 0 aromatic rings. The van der Waals surface area contributed by atoms with E-state index in [1.54, 1.807) is 0 Å². The molecule has 0 amide bonds. The van der Waals surface area contributed by atoms with Gasteiger partial charge in [-0.05, 0) is 5.92 Å². The number of thioether (sulfide) groups is 1. The van der Waals surface area contributed by atoms with Crippen molar-refractivity contribution in [2.75, 3.05) is 12.3 Å². The molecular formula is C7H13NO2S. The van der Waals surface area contributed by atoms with Crippen LogP contribution < -0.4 is 5.32 Å². The Hall–Kier alpha value is -0.220. The molecule has 1 aliphatic heterocycles. The third-order valence-corrected chi connectivity index (χ3v) is 3.19. The summed E-state index contributed by atoms with van der Waals surface area (Å²) in [7, 11) is 0. The van der Waals surface area contributed by atoms with E-state index in [0.29, 0.717) is 5.37 Å². The molecule has 1 rings (SSSR count). The Morgan fingerprint density at radius 1 is 1.91 bits per heavy atom. The fourth-order valence-corrected chi connectivity index (χ4v) is 2.34. The normalized spacial score (nSPS) is 26.8. The highest BCUT2D eigenvalue weighted by molar-refractivity contribution is 8.00. The molecule has 64 valence electrons. The molecule has 0 saturated carbocycles. The lowest BCUT2D eigenvalue weighted by molar-refractivity contribution is -0.138. The zero-order chi connectivity index (χ0) is 8.27. The second-order valence-corrected chi connectivity index (χ2v) is 4.07. The van der Waals surface area contributed by atoms with Crippen molar-refractivity contribution in [2.45, 2.75) is 18.7 Å². The SMILES string of the molecule is CC(CC(=O)O)C1NCCS1. The molecule has 1 aliphatic rings. The Bertz CT molecular complexity index is 145.